The molecule has 0 fully saturated rings. The SMILES string of the molecule is CCCCOC=O.[SnH2]. The van der Waals surface area contributed by atoms with Crippen molar-refractivity contribution in [1.82, 2.24) is 0 Å². The van der Waals surface area contributed by atoms with Crippen LogP contribution >= 0.6 is 0 Å². The third-order valence-electron chi connectivity index (χ3n) is 0.684. The predicted molar refractivity (Wildman–Crippen MR) is 35.5 cm³/mol. The van der Waals surface area contributed by atoms with Gasteiger partial charge in [-0.2, -0.15) is 0 Å². The number of rotatable bonds is 4. The van der Waals surface area contributed by atoms with Crippen molar-refractivity contribution in [3.05, 3.63) is 0 Å². The molecule has 0 aliphatic heterocycles. The van der Waals surface area contributed by atoms with E-state index in [2.05, 4.69) is 4.74 Å². The fourth-order valence-electron chi connectivity index (χ4n) is 0.276. The molecule has 48 valence electrons. The van der Waals surface area contributed by atoms with Gasteiger partial charge in [-0.05, 0) is 6.42 Å². The number of hydrogen-bond acceptors (Lipinski definition) is 2. The van der Waals surface area contributed by atoms with Crippen LogP contribution in [0.4, 0.5) is 0 Å². The van der Waals surface area contributed by atoms with Gasteiger partial charge in [0.1, 0.15) is 0 Å². The number of unbranched alkanes of at least 4 members (excludes halogenated alkanes) is 1. The van der Waals surface area contributed by atoms with Gasteiger partial charge in [0.2, 0.25) is 0 Å². The second kappa shape index (κ2) is 10.3. The first-order valence-electron chi connectivity index (χ1n) is 2.47. The molecule has 0 N–H and O–H groups in total. The number of ether oxygens (including phenoxy) is 1. The number of hydrogen-bond donors (Lipinski definition) is 0. The van der Waals surface area contributed by atoms with E-state index in [-0.39, 0.29) is 23.9 Å². The molecule has 0 spiro atoms. The number of carbonyl (C=O) groups excluding carboxylic acids is 1. The molecule has 0 aliphatic rings. The summed E-state index contributed by atoms with van der Waals surface area (Å²) in [5.74, 6) is 0. The molecule has 2 nitrogen and oxygen atoms in total. The van der Waals surface area contributed by atoms with Crippen molar-refractivity contribution in [2.75, 3.05) is 6.61 Å². The molecule has 0 bridgehead atoms. The summed E-state index contributed by atoms with van der Waals surface area (Å²) in [6, 6.07) is 0. The zero-order valence-corrected chi connectivity index (χ0v) is 9.26. The van der Waals surface area contributed by atoms with Crippen molar-refractivity contribution in [3.63, 3.8) is 0 Å². The maximum atomic E-state index is 9.46. The molecule has 0 saturated carbocycles. The molecule has 3 heteroatoms. The van der Waals surface area contributed by atoms with Crippen LogP contribution in [0.25, 0.3) is 0 Å². The van der Waals surface area contributed by atoms with Gasteiger partial charge in [-0.3, -0.25) is 4.79 Å². The van der Waals surface area contributed by atoms with E-state index in [0.29, 0.717) is 13.1 Å². The summed E-state index contributed by atoms with van der Waals surface area (Å²) in [4.78, 5) is 9.46. The van der Waals surface area contributed by atoms with Crippen molar-refractivity contribution in [1.29, 1.82) is 0 Å². The Morgan fingerprint density at radius 3 is 2.62 bits per heavy atom. The van der Waals surface area contributed by atoms with Crippen LogP contribution in [-0.2, 0) is 9.53 Å². The summed E-state index contributed by atoms with van der Waals surface area (Å²) in [5, 5.41) is 0. The second-order valence-electron chi connectivity index (χ2n) is 1.32. The summed E-state index contributed by atoms with van der Waals surface area (Å²) in [5.41, 5.74) is 0. The molecule has 0 aliphatic carbocycles. The normalized spacial score (nSPS) is 7.12. The van der Waals surface area contributed by atoms with Gasteiger partial charge >= 0.3 is 23.9 Å². The quantitative estimate of drug-likeness (QED) is 0.382. The van der Waals surface area contributed by atoms with E-state index < -0.39 is 0 Å². The van der Waals surface area contributed by atoms with Crippen LogP contribution in [0.3, 0.4) is 0 Å². The van der Waals surface area contributed by atoms with E-state index in [4.69, 9.17) is 0 Å². The second-order valence-corrected chi connectivity index (χ2v) is 1.32. The van der Waals surface area contributed by atoms with Crippen molar-refractivity contribution in [3.8, 4) is 0 Å². The Kier molecular flexibility index (Phi) is 14.3. The molecule has 0 aromatic rings. The molecular formula is C5H12O2Sn. The van der Waals surface area contributed by atoms with E-state index in [1.54, 1.807) is 0 Å². The molecule has 0 saturated heterocycles. The van der Waals surface area contributed by atoms with Crippen LogP contribution in [0.2, 0.25) is 0 Å². The molecule has 2 radical (unpaired) electrons. The molecule has 0 aromatic heterocycles. The van der Waals surface area contributed by atoms with Gasteiger partial charge in [0.05, 0.1) is 6.61 Å². The van der Waals surface area contributed by atoms with Crippen LogP contribution in [0, 0.1) is 0 Å². The Morgan fingerprint density at radius 2 is 2.25 bits per heavy atom. The molecule has 8 heavy (non-hydrogen) atoms. The van der Waals surface area contributed by atoms with Crippen LogP contribution in [0.15, 0.2) is 0 Å². The van der Waals surface area contributed by atoms with Gasteiger partial charge in [-0.1, -0.05) is 13.3 Å². The first kappa shape index (κ1) is 11.1. The molecule has 0 aromatic carbocycles. The summed E-state index contributed by atoms with van der Waals surface area (Å²) in [7, 11) is 0. The van der Waals surface area contributed by atoms with Crippen LogP contribution < -0.4 is 0 Å². The predicted octanol–water partition coefficient (Wildman–Crippen LogP) is 0.0433. The average Bonchev–Trinajstić information content (AvgIpc) is 1.69. The monoisotopic (exact) mass is 224 g/mol. The van der Waals surface area contributed by atoms with E-state index in [1.165, 1.54) is 0 Å². The summed E-state index contributed by atoms with van der Waals surface area (Å²) in [6.45, 7) is 3.10. The third-order valence-corrected chi connectivity index (χ3v) is 0.684. The average molecular weight is 223 g/mol. The Hall–Kier alpha value is 0.269. The van der Waals surface area contributed by atoms with Crippen molar-refractivity contribution >= 4 is 30.4 Å². The van der Waals surface area contributed by atoms with E-state index in [9.17, 15) is 4.79 Å². The van der Waals surface area contributed by atoms with Crippen molar-refractivity contribution in [2.45, 2.75) is 19.8 Å². The van der Waals surface area contributed by atoms with E-state index in [1.807, 2.05) is 6.92 Å². The fourth-order valence-corrected chi connectivity index (χ4v) is 0.276. The summed E-state index contributed by atoms with van der Waals surface area (Å²) >= 11 is 0. The molecule has 0 atom stereocenters. The Labute approximate surface area is 66.6 Å². The zero-order valence-electron chi connectivity index (χ0n) is 5.22. The summed E-state index contributed by atoms with van der Waals surface area (Å²) < 4.78 is 4.39. The molecule has 0 heterocycles. The van der Waals surface area contributed by atoms with Crippen molar-refractivity contribution in [2.24, 2.45) is 0 Å². The van der Waals surface area contributed by atoms with Crippen molar-refractivity contribution < 1.29 is 9.53 Å². The Balaban J connectivity index is 0. The van der Waals surface area contributed by atoms with Gasteiger partial charge in [0, 0.05) is 0 Å². The standard InChI is InChI=1S/C5H10O2.Sn.2H/c1-2-3-4-7-5-6;;;/h5H,2-4H2,1H3;;;. The zero-order chi connectivity index (χ0) is 5.54. The van der Waals surface area contributed by atoms with Crippen LogP contribution in [0.1, 0.15) is 19.8 Å². The van der Waals surface area contributed by atoms with Gasteiger partial charge in [-0.25, -0.2) is 0 Å². The Morgan fingerprint density at radius 1 is 1.62 bits per heavy atom. The topological polar surface area (TPSA) is 26.3 Å². The van der Waals surface area contributed by atoms with Crippen LogP contribution in [-0.4, -0.2) is 37.0 Å². The number of carbonyl (C=O) groups is 1. The van der Waals surface area contributed by atoms with Gasteiger partial charge in [0.25, 0.3) is 6.47 Å². The third kappa shape index (κ3) is 9.55. The fraction of sp³-hybridized carbons (Fsp3) is 0.800. The molecule has 0 unspecified atom stereocenters. The van der Waals surface area contributed by atoms with Crippen LogP contribution in [0.5, 0.6) is 0 Å². The first-order valence-corrected chi connectivity index (χ1v) is 2.47. The van der Waals surface area contributed by atoms with E-state index in [0.717, 1.165) is 12.8 Å². The minimum absolute atomic E-state index is 0. The minimum atomic E-state index is 0. The first-order chi connectivity index (χ1) is 3.41. The molecule has 0 rings (SSSR count). The van der Waals surface area contributed by atoms with Gasteiger partial charge < -0.3 is 4.74 Å². The molecule has 0 amide bonds. The van der Waals surface area contributed by atoms with E-state index >= 15 is 0 Å². The van der Waals surface area contributed by atoms with Gasteiger partial charge in [-0.15, -0.1) is 0 Å². The maximum absolute atomic E-state index is 9.46. The Bertz CT molecular complexity index is 47.7. The molecular weight excluding hydrogens is 211 g/mol. The van der Waals surface area contributed by atoms with Gasteiger partial charge in [0.15, 0.2) is 0 Å². The summed E-state index contributed by atoms with van der Waals surface area (Å²) in [6.07, 6.45) is 2.05.